The first kappa shape index (κ1) is 21.3. The molecule has 0 aliphatic carbocycles. The summed E-state index contributed by atoms with van der Waals surface area (Å²) in [4.78, 5) is 27.0. The van der Waals surface area contributed by atoms with Gasteiger partial charge in [-0.15, -0.1) is 0 Å². The van der Waals surface area contributed by atoms with E-state index >= 15 is 0 Å². The third-order valence-corrected chi connectivity index (χ3v) is 5.90. The summed E-state index contributed by atoms with van der Waals surface area (Å²) >= 11 is 12.4. The highest BCUT2D eigenvalue weighted by molar-refractivity contribution is 6.35. The summed E-state index contributed by atoms with van der Waals surface area (Å²) in [7, 11) is 0. The zero-order valence-electron chi connectivity index (χ0n) is 15.9. The molecule has 1 N–H and O–H groups in total. The molecule has 2 atom stereocenters. The van der Waals surface area contributed by atoms with Gasteiger partial charge < -0.3 is 10.0 Å². The van der Waals surface area contributed by atoms with Crippen LogP contribution in [0.4, 0.5) is 8.78 Å². The third-order valence-electron chi connectivity index (χ3n) is 5.33. The van der Waals surface area contributed by atoms with Crippen LogP contribution in [0.15, 0.2) is 60.7 Å². The highest BCUT2D eigenvalue weighted by Crippen LogP contribution is 2.46. The van der Waals surface area contributed by atoms with Gasteiger partial charge in [0, 0.05) is 27.7 Å². The van der Waals surface area contributed by atoms with Crippen LogP contribution in [0.1, 0.15) is 39.0 Å². The molecule has 3 aromatic carbocycles. The molecule has 0 aromatic heterocycles. The van der Waals surface area contributed by atoms with Crippen LogP contribution in [-0.4, -0.2) is 21.9 Å². The second-order valence-corrected chi connectivity index (χ2v) is 8.03. The lowest BCUT2D eigenvalue weighted by Gasteiger charge is -2.41. The molecular formula is C23H15Cl2F2NO3. The van der Waals surface area contributed by atoms with Crippen molar-refractivity contribution in [1.82, 2.24) is 4.90 Å². The van der Waals surface area contributed by atoms with Gasteiger partial charge in [0.05, 0.1) is 6.04 Å². The van der Waals surface area contributed by atoms with Crippen LogP contribution in [0.25, 0.3) is 0 Å². The maximum atomic E-state index is 14.4. The largest absolute Gasteiger partial charge is 0.481 e. The fourth-order valence-electron chi connectivity index (χ4n) is 3.97. The van der Waals surface area contributed by atoms with Gasteiger partial charge in [-0.25, -0.2) is 8.78 Å². The van der Waals surface area contributed by atoms with Gasteiger partial charge in [-0.3, -0.25) is 9.59 Å². The normalized spacial score (nSPS) is 18.1. The fourth-order valence-corrected chi connectivity index (χ4v) is 4.49. The molecule has 0 spiro atoms. The smallest absolute Gasteiger partial charge is 0.313 e. The third kappa shape index (κ3) is 3.89. The number of hydrogen-bond acceptors (Lipinski definition) is 2. The van der Waals surface area contributed by atoms with E-state index in [1.165, 1.54) is 23.1 Å². The second-order valence-electron chi connectivity index (χ2n) is 7.18. The van der Waals surface area contributed by atoms with Gasteiger partial charge in [-0.2, -0.15) is 0 Å². The Hall–Kier alpha value is -2.96. The molecule has 4 nitrogen and oxygen atoms in total. The SMILES string of the molecule is O=C(O)C1c2ccccc2C(=O)N(Cc2cc(F)ccc2F)C1c1ccc(Cl)cc1Cl. The lowest BCUT2D eigenvalue weighted by molar-refractivity contribution is -0.140. The number of nitrogens with zero attached hydrogens (tertiary/aromatic N) is 1. The summed E-state index contributed by atoms with van der Waals surface area (Å²) in [5.41, 5.74) is 0.783. The molecule has 1 amide bonds. The Morgan fingerprint density at radius 2 is 1.74 bits per heavy atom. The van der Waals surface area contributed by atoms with E-state index in [9.17, 15) is 23.5 Å². The molecule has 3 aromatic rings. The van der Waals surface area contributed by atoms with Gasteiger partial charge in [0.2, 0.25) is 0 Å². The van der Waals surface area contributed by atoms with Gasteiger partial charge in [-0.1, -0.05) is 47.5 Å². The zero-order chi connectivity index (χ0) is 22.3. The zero-order valence-corrected chi connectivity index (χ0v) is 17.4. The Kier molecular flexibility index (Phi) is 5.69. The standard InChI is InChI=1S/C23H15Cl2F2NO3/c24-13-5-7-17(18(25)10-13)21-20(23(30)31)15-3-1-2-4-16(15)22(29)28(21)11-12-9-14(26)6-8-19(12)27/h1-10,20-21H,11H2,(H,30,31). The number of benzene rings is 3. The first-order chi connectivity index (χ1) is 14.8. The Balaban J connectivity index is 1.93. The molecule has 1 aliphatic heterocycles. The van der Waals surface area contributed by atoms with E-state index in [2.05, 4.69) is 0 Å². The maximum Gasteiger partial charge on any atom is 0.313 e. The number of amides is 1. The van der Waals surface area contributed by atoms with E-state index in [-0.39, 0.29) is 22.7 Å². The number of carboxylic acid groups (broad SMARTS) is 1. The number of carbonyl (C=O) groups is 2. The summed E-state index contributed by atoms with van der Waals surface area (Å²) in [6.45, 7) is -0.343. The molecule has 1 heterocycles. The highest BCUT2D eigenvalue weighted by atomic mass is 35.5. The first-order valence-corrected chi connectivity index (χ1v) is 10.0. The van der Waals surface area contributed by atoms with E-state index in [0.717, 1.165) is 18.2 Å². The van der Waals surface area contributed by atoms with E-state index in [4.69, 9.17) is 23.2 Å². The minimum absolute atomic E-state index is 0.0769. The molecule has 158 valence electrons. The quantitative estimate of drug-likeness (QED) is 0.530. The van der Waals surface area contributed by atoms with Crippen LogP contribution in [-0.2, 0) is 11.3 Å². The number of halogens is 4. The topological polar surface area (TPSA) is 57.6 Å². The van der Waals surface area contributed by atoms with Crippen molar-refractivity contribution in [2.24, 2.45) is 0 Å². The van der Waals surface area contributed by atoms with Crippen molar-refractivity contribution in [3.05, 3.63) is 105 Å². The molecule has 4 rings (SSSR count). The van der Waals surface area contributed by atoms with Crippen molar-refractivity contribution in [1.29, 1.82) is 0 Å². The molecule has 31 heavy (non-hydrogen) atoms. The van der Waals surface area contributed by atoms with Gasteiger partial charge in [-0.05, 0) is 47.5 Å². The Morgan fingerprint density at radius 1 is 1.00 bits per heavy atom. The monoisotopic (exact) mass is 461 g/mol. The Bertz CT molecular complexity index is 1200. The highest BCUT2D eigenvalue weighted by Gasteiger charge is 2.45. The minimum Gasteiger partial charge on any atom is -0.481 e. The number of carboxylic acids is 1. The maximum absolute atomic E-state index is 14.4. The summed E-state index contributed by atoms with van der Waals surface area (Å²) < 4.78 is 28.2. The summed E-state index contributed by atoms with van der Waals surface area (Å²) in [6, 6.07) is 12.7. The predicted molar refractivity (Wildman–Crippen MR) is 112 cm³/mol. The van der Waals surface area contributed by atoms with Crippen molar-refractivity contribution >= 4 is 35.1 Å². The van der Waals surface area contributed by atoms with Crippen LogP contribution in [0.5, 0.6) is 0 Å². The lowest BCUT2D eigenvalue weighted by atomic mass is 9.79. The lowest BCUT2D eigenvalue weighted by Crippen LogP contribution is -2.44. The van der Waals surface area contributed by atoms with Crippen LogP contribution in [0.3, 0.4) is 0 Å². The van der Waals surface area contributed by atoms with Gasteiger partial charge >= 0.3 is 5.97 Å². The molecular weight excluding hydrogens is 447 g/mol. The fraction of sp³-hybridized carbons (Fsp3) is 0.130. The predicted octanol–water partition coefficient (Wildman–Crippen LogP) is 5.84. The summed E-state index contributed by atoms with van der Waals surface area (Å²) in [5, 5.41) is 10.6. The molecule has 8 heteroatoms. The van der Waals surface area contributed by atoms with Crippen molar-refractivity contribution in [3.8, 4) is 0 Å². The summed E-state index contributed by atoms with van der Waals surface area (Å²) in [6.07, 6.45) is 0. The number of carbonyl (C=O) groups excluding carboxylic acids is 1. The minimum atomic E-state index is -1.18. The van der Waals surface area contributed by atoms with E-state index in [1.807, 2.05) is 0 Å². The van der Waals surface area contributed by atoms with Gasteiger partial charge in [0.25, 0.3) is 5.91 Å². The molecule has 1 aliphatic rings. The molecule has 0 fully saturated rings. The van der Waals surface area contributed by atoms with Crippen LogP contribution in [0, 0.1) is 11.6 Å². The van der Waals surface area contributed by atoms with Crippen LogP contribution >= 0.6 is 23.2 Å². The summed E-state index contributed by atoms with van der Waals surface area (Å²) in [5.74, 6) is -4.24. The first-order valence-electron chi connectivity index (χ1n) is 9.29. The average molecular weight is 462 g/mol. The van der Waals surface area contributed by atoms with E-state index in [0.29, 0.717) is 16.1 Å². The number of aliphatic carboxylic acids is 1. The van der Waals surface area contributed by atoms with Gasteiger partial charge in [0.15, 0.2) is 0 Å². The van der Waals surface area contributed by atoms with Gasteiger partial charge in [0.1, 0.15) is 17.6 Å². The Labute approximate surface area is 186 Å². The van der Waals surface area contributed by atoms with Crippen molar-refractivity contribution in [2.75, 3.05) is 0 Å². The number of rotatable bonds is 4. The van der Waals surface area contributed by atoms with Crippen molar-refractivity contribution < 1.29 is 23.5 Å². The molecule has 2 unspecified atom stereocenters. The molecule has 0 saturated heterocycles. The molecule has 0 radical (unpaired) electrons. The Morgan fingerprint density at radius 3 is 2.45 bits per heavy atom. The van der Waals surface area contributed by atoms with Crippen LogP contribution < -0.4 is 0 Å². The van der Waals surface area contributed by atoms with E-state index in [1.54, 1.807) is 24.3 Å². The van der Waals surface area contributed by atoms with Crippen LogP contribution in [0.2, 0.25) is 10.0 Å². The molecule has 0 saturated carbocycles. The second kappa shape index (κ2) is 8.29. The van der Waals surface area contributed by atoms with E-state index < -0.39 is 35.5 Å². The van der Waals surface area contributed by atoms with Crippen molar-refractivity contribution in [3.63, 3.8) is 0 Å². The van der Waals surface area contributed by atoms with Crippen molar-refractivity contribution in [2.45, 2.75) is 18.5 Å². The number of fused-ring (bicyclic) bond motifs is 1. The number of hydrogen-bond donors (Lipinski definition) is 1. The molecule has 0 bridgehead atoms. The average Bonchev–Trinajstić information content (AvgIpc) is 2.72.